The van der Waals surface area contributed by atoms with Gasteiger partial charge in [0.15, 0.2) is 0 Å². The van der Waals surface area contributed by atoms with Crippen LogP contribution in [0.25, 0.3) is 10.1 Å². The van der Waals surface area contributed by atoms with Crippen LogP contribution < -0.4 is 9.92 Å². The molecule has 0 bridgehead atoms. The van der Waals surface area contributed by atoms with E-state index in [9.17, 15) is 0 Å². The molecule has 23 heavy (non-hydrogen) atoms. The zero-order valence-corrected chi connectivity index (χ0v) is 17.0. The monoisotopic (exact) mass is 362 g/mol. The van der Waals surface area contributed by atoms with Crippen LogP contribution in [0.5, 0.6) is 0 Å². The van der Waals surface area contributed by atoms with Crippen LogP contribution >= 0.6 is 27.2 Å². The van der Waals surface area contributed by atoms with Gasteiger partial charge in [0.05, 0.1) is 0 Å². The highest BCUT2D eigenvalue weighted by atomic mass is 32.1. The summed E-state index contributed by atoms with van der Waals surface area (Å²) in [6.07, 6.45) is 11.7. The average Bonchev–Trinajstić information content (AvgIpc) is 3.30. The summed E-state index contributed by atoms with van der Waals surface area (Å²) in [6, 6.07) is 9.33. The minimum Gasteiger partial charge on any atom is -0.135 e. The molecule has 3 heteroatoms. The van der Waals surface area contributed by atoms with Gasteiger partial charge >= 0.3 is 0 Å². The molecule has 0 spiro atoms. The van der Waals surface area contributed by atoms with Gasteiger partial charge in [0.2, 0.25) is 0 Å². The van der Waals surface area contributed by atoms with Crippen molar-refractivity contribution >= 4 is 47.2 Å². The van der Waals surface area contributed by atoms with E-state index in [1.54, 1.807) is 10.1 Å². The maximum Gasteiger partial charge on any atom is 0.0370 e. The van der Waals surface area contributed by atoms with Crippen LogP contribution in [0.4, 0.5) is 0 Å². The van der Waals surface area contributed by atoms with E-state index in [2.05, 4.69) is 49.4 Å². The lowest BCUT2D eigenvalue weighted by Gasteiger charge is -2.25. The average molecular weight is 362 g/mol. The summed E-state index contributed by atoms with van der Waals surface area (Å²) < 4.78 is 3.46. The maximum atomic E-state index is 2.43. The first kappa shape index (κ1) is 16.5. The van der Waals surface area contributed by atoms with Crippen molar-refractivity contribution in [1.29, 1.82) is 0 Å². The minimum absolute atomic E-state index is 0.0991. The fraction of sp³-hybridized carbons (Fsp3) is 0.600. The van der Waals surface area contributed by atoms with Gasteiger partial charge in [0.1, 0.15) is 0 Å². The number of thiophene rings is 1. The molecule has 0 aliphatic carbocycles. The first-order valence-corrected chi connectivity index (χ1v) is 13.4. The summed E-state index contributed by atoms with van der Waals surface area (Å²) in [5.74, 6) is 0. The highest BCUT2D eigenvalue weighted by Gasteiger charge is 2.36. The summed E-state index contributed by atoms with van der Waals surface area (Å²) in [5, 5.41) is 3.53. The molecule has 1 aromatic heterocycles. The van der Waals surface area contributed by atoms with Crippen molar-refractivity contribution in [3.63, 3.8) is 0 Å². The second kappa shape index (κ2) is 7.11. The van der Waals surface area contributed by atoms with Crippen molar-refractivity contribution in [3.8, 4) is 0 Å². The van der Waals surface area contributed by atoms with Crippen LogP contribution in [0.2, 0.25) is 0 Å². The van der Waals surface area contributed by atoms with Gasteiger partial charge in [0, 0.05) is 20.0 Å². The van der Waals surface area contributed by atoms with Crippen LogP contribution in [-0.2, 0) is 0 Å². The molecule has 2 aliphatic heterocycles. The molecule has 4 unspecified atom stereocenters. The predicted molar refractivity (Wildman–Crippen MR) is 111 cm³/mol. The molecule has 0 N–H and O–H groups in total. The zero-order chi connectivity index (χ0) is 15.8. The van der Waals surface area contributed by atoms with E-state index in [1.165, 1.54) is 50.8 Å². The van der Waals surface area contributed by atoms with Gasteiger partial charge < -0.3 is 0 Å². The van der Waals surface area contributed by atoms with Crippen molar-refractivity contribution in [2.45, 2.75) is 63.7 Å². The van der Waals surface area contributed by atoms with E-state index >= 15 is 0 Å². The van der Waals surface area contributed by atoms with Crippen LogP contribution in [0, 0.1) is 0 Å². The fourth-order valence-corrected chi connectivity index (χ4v) is 14.1. The normalized spacial score (nSPS) is 31.2. The molecule has 2 saturated heterocycles. The number of fused-ring (bicyclic) bond motifs is 1. The number of rotatable bonds is 4. The van der Waals surface area contributed by atoms with Gasteiger partial charge in [-0.2, -0.15) is 0 Å². The molecule has 4 rings (SSSR count). The van der Waals surface area contributed by atoms with Gasteiger partial charge in [-0.15, -0.1) is 11.3 Å². The first-order chi connectivity index (χ1) is 11.3. The highest BCUT2D eigenvalue weighted by Crippen LogP contribution is 2.57. The Morgan fingerprint density at radius 2 is 1.61 bits per heavy atom. The molecule has 0 saturated carbocycles. The van der Waals surface area contributed by atoms with Crippen LogP contribution in [0.1, 0.15) is 52.4 Å². The van der Waals surface area contributed by atoms with Gasteiger partial charge in [-0.25, -0.2) is 0 Å². The number of hydrogen-bond acceptors (Lipinski definition) is 1. The lowest BCUT2D eigenvalue weighted by Crippen LogP contribution is -2.23. The standard InChI is InChI=1S/C20H28P2S/c1-3-15-9-7-13-21(15)19-17-11-5-6-12-18(17)23-20(19)22-14-8-10-16(22)4-2/h5-6,11-12,15-16H,3-4,7-10,13-14H2,1-2H3. The molecule has 2 fully saturated rings. The number of benzene rings is 1. The molecular weight excluding hydrogens is 334 g/mol. The van der Waals surface area contributed by atoms with Crippen molar-refractivity contribution < 1.29 is 0 Å². The Hall–Kier alpha value is 0.0400. The number of hydrogen-bond donors (Lipinski definition) is 0. The van der Waals surface area contributed by atoms with E-state index in [1.807, 2.05) is 9.92 Å². The predicted octanol–water partition coefficient (Wildman–Crippen LogP) is 6.26. The topological polar surface area (TPSA) is 0 Å². The molecule has 0 amide bonds. The lowest BCUT2D eigenvalue weighted by atomic mass is 10.2. The van der Waals surface area contributed by atoms with E-state index < -0.39 is 0 Å². The van der Waals surface area contributed by atoms with Crippen molar-refractivity contribution in [2.24, 2.45) is 0 Å². The highest BCUT2D eigenvalue weighted by molar-refractivity contribution is 7.78. The second-order valence-electron chi connectivity index (χ2n) is 7.05. The molecular formula is C20H28P2S. The lowest BCUT2D eigenvalue weighted by molar-refractivity contribution is 0.756. The minimum atomic E-state index is 0.0991. The fourth-order valence-electron chi connectivity index (χ4n) is 4.57. The Balaban J connectivity index is 1.85. The van der Waals surface area contributed by atoms with Crippen molar-refractivity contribution in [3.05, 3.63) is 24.3 Å². The summed E-state index contributed by atoms with van der Waals surface area (Å²) in [7, 11) is 0.222. The van der Waals surface area contributed by atoms with E-state index in [4.69, 9.17) is 0 Å². The Labute approximate surface area is 147 Å². The van der Waals surface area contributed by atoms with Crippen LogP contribution in [0.3, 0.4) is 0 Å². The van der Waals surface area contributed by atoms with Crippen LogP contribution in [-0.4, -0.2) is 23.6 Å². The molecule has 0 nitrogen and oxygen atoms in total. The first-order valence-electron chi connectivity index (χ1n) is 9.38. The Bertz CT molecular complexity index is 677. The van der Waals surface area contributed by atoms with Gasteiger partial charge in [0.25, 0.3) is 0 Å². The smallest absolute Gasteiger partial charge is 0.0370 e. The van der Waals surface area contributed by atoms with E-state index in [-0.39, 0.29) is 15.8 Å². The van der Waals surface area contributed by atoms with Crippen molar-refractivity contribution in [2.75, 3.05) is 12.3 Å². The summed E-state index contributed by atoms with van der Waals surface area (Å²) in [6.45, 7) is 4.85. The largest absolute Gasteiger partial charge is 0.135 e. The third-order valence-electron chi connectivity index (χ3n) is 5.80. The maximum absolute atomic E-state index is 2.43. The van der Waals surface area contributed by atoms with Crippen LogP contribution in [0.15, 0.2) is 24.3 Å². The van der Waals surface area contributed by atoms with Gasteiger partial charge in [-0.05, 0) is 68.2 Å². The second-order valence-corrected chi connectivity index (χ2v) is 13.5. The van der Waals surface area contributed by atoms with Crippen molar-refractivity contribution in [1.82, 2.24) is 0 Å². The molecule has 2 aromatic rings. The molecule has 2 aliphatic rings. The molecule has 124 valence electrons. The third-order valence-corrected chi connectivity index (χ3v) is 14.5. The molecule has 3 heterocycles. The van der Waals surface area contributed by atoms with E-state index in [0.29, 0.717) is 0 Å². The molecule has 1 aromatic carbocycles. The Morgan fingerprint density at radius 3 is 2.35 bits per heavy atom. The summed E-state index contributed by atoms with van der Waals surface area (Å²) in [5.41, 5.74) is 2.01. The third kappa shape index (κ3) is 2.92. The summed E-state index contributed by atoms with van der Waals surface area (Å²) in [4.78, 5) is 0. The molecule has 0 radical (unpaired) electrons. The van der Waals surface area contributed by atoms with E-state index in [0.717, 1.165) is 11.3 Å². The Kier molecular flexibility index (Phi) is 5.10. The quantitative estimate of drug-likeness (QED) is 0.563. The summed E-state index contributed by atoms with van der Waals surface area (Å²) >= 11 is 2.18. The van der Waals surface area contributed by atoms with Gasteiger partial charge in [-0.3, -0.25) is 0 Å². The zero-order valence-electron chi connectivity index (χ0n) is 14.4. The SMILES string of the molecule is CCC1CCCP1c1sc2ccccc2c1P1CCCC1CC. The Morgan fingerprint density at radius 1 is 0.957 bits per heavy atom. The molecule has 4 atom stereocenters. The van der Waals surface area contributed by atoms with Gasteiger partial charge in [-0.1, -0.05) is 47.9 Å².